The molecule has 0 aromatic carbocycles. The van der Waals surface area contributed by atoms with Gasteiger partial charge in [-0.2, -0.15) is 4.61 Å². The van der Waals surface area contributed by atoms with Gasteiger partial charge in [-0.05, 0) is 24.1 Å². The van der Waals surface area contributed by atoms with E-state index in [1.54, 1.807) is 0 Å². The van der Waals surface area contributed by atoms with Gasteiger partial charge in [-0.25, -0.2) is 0 Å². The molecule has 0 aliphatic rings. The van der Waals surface area contributed by atoms with Gasteiger partial charge >= 0.3 is 0 Å². The topological polar surface area (TPSA) is 23.8 Å². The Morgan fingerprint density at radius 3 is 2.33 bits per heavy atom. The summed E-state index contributed by atoms with van der Waals surface area (Å²) >= 11 is 0. The average Bonchev–Trinajstić information content (AvgIpc) is 1.35. The van der Waals surface area contributed by atoms with Crippen LogP contribution in [0.15, 0.2) is 0 Å². The minimum Gasteiger partial charge on any atom is -0.186 e. The lowest BCUT2D eigenvalue weighted by molar-refractivity contribution is 1.11. The summed E-state index contributed by atoms with van der Waals surface area (Å²) in [5, 5.41) is 0. The quantitative estimate of drug-likeness (QED) is 0.483. The zero-order valence-electron chi connectivity index (χ0n) is 3.77. The van der Waals surface area contributed by atoms with Crippen LogP contribution >= 0.6 is 8.02 Å². The molecule has 0 atom stereocenters. The van der Waals surface area contributed by atoms with E-state index in [1.807, 2.05) is 6.92 Å². The first-order valence-electron chi connectivity index (χ1n) is 1.88. The van der Waals surface area contributed by atoms with E-state index in [9.17, 15) is 0 Å². The summed E-state index contributed by atoms with van der Waals surface area (Å²) in [5.74, 6) is 0.872. The molecule has 0 aromatic rings. The molecule has 0 spiro atoms. The Kier molecular flexibility index (Phi) is 3.55. The summed E-state index contributed by atoms with van der Waals surface area (Å²) in [7, 11) is 2.55. The second kappa shape index (κ2) is 3.42. The molecule has 1 nitrogen and oxygen atoms in total. The Balaban J connectivity index is 3.16. The molecule has 3 heteroatoms. The highest BCUT2D eigenvalue weighted by atomic mass is 32.5. The van der Waals surface area contributed by atoms with Gasteiger partial charge in [0.05, 0.1) is 0 Å². The SMILES string of the molecule is CCCS(#N)=P. The van der Waals surface area contributed by atoms with Crippen LogP contribution in [-0.2, 0) is 9.70 Å². The van der Waals surface area contributed by atoms with Gasteiger partial charge < -0.3 is 0 Å². The maximum Gasteiger partial charge on any atom is 0.0351 e. The summed E-state index contributed by atoms with van der Waals surface area (Å²) in [5.41, 5.74) is 0. The Labute approximate surface area is 42.2 Å². The van der Waals surface area contributed by atoms with Gasteiger partial charge in [-0.1, -0.05) is 6.92 Å². The van der Waals surface area contributed by atoms with Gasteiger partial charge in [0.1, 0.15) is 0 Å². The molecular formula is C3H8NPS. The molecule has 0 aromatic heterocycles. The second-order valence-electron chi connectivity index (χ2n) is 1.07. The van der Waals surface area contributed by atoms with Crippen LogP contribution in [0.2, 0.25) is 0 Å². The Hall–Kier alpha value is 0.230. The molecule has 0 amide bonds. The van der Waals surface area contributed by atoms with Crippen LogP contribution in [0.4, 0.5) is 0 Å². The lowest BCUT2D eigenvalue weighted by Crippen LogP contribution is -1.71. The van der Waals surface area contributed by atoms with Gasteiger partial charge in [0, 0.05) is 5.75 Å². The van der Waals surface area contributed by atoms with E-state index < -0.39 is 9.70 Å². The number of hydrogen-bond donors (Lipinski definition) is 0. The third-order valence-corrected chi connectivity index (χ3v) is 1.80. The molecule has 0 bridgehead atoms. The Bertz CT molecular complexity index is 123. The van der Waals surface area contributed by atoms with Crippen molar-refractivity contribution in [1.29, 1.82) is 4.61 Å². The fourth-order valence-electron chi connectivity index (χ4n) is 0.193. The Morgan fingerprint density at radius 1 is 1.83 bits per heavy atom. The van der Waals surface area contributed by atoms with Gasteiger partial charge in [0.2, 0.25) is 0 Å². The fraction of sp³-hybridized carbons (Fsp3) is 1.00. The molecule has 0 saturated carbocycles. The highest BCUT2D eigenvalue weighted by molar-refractivity contribution is 8.05. The smallest absolute Gasteiger partial charge is 0.0351 e. The molecule has 0 aliphatic carbocycles. The van der Waals surface area contributed by atoms with E-state index in [4.69, 9.17) is 4.61 Å². The molecule has 0 unspecified atom stereocenters. The second-order valence-corrected chi connectivity index (χ2v) is 3.62. The summed E-state index contributed by atoms with van der Waals surface area (Å²) < 4.78 is 8.49. The van der Waals surface area contributed by atoms with E-state index in [-0.39, 0.29) is 0 Å². The molecule has 0 radical (unpaired) electrons. The number of nitrogens with zero attached hydrogens (tertiary/aromatic N) is 1. The molecule has 36 valence electrons. The molecule has 6 heavy (non-hydrogen) atoms. The lowest BCUT2D eigenvalue weighted by atomic mass is 10.6. The van der Waals surface area contributed by atoms with Crippen LogP contribution in [0.25, 0.3) is 0 Å². The van der Waals surface area contributed by atoms with E-state index in [0.717, 1.165) is 12.2 Å². The van der Waals surface area contributed by atoms with Crippen molar-refractivity contribution in [3.8, 4) is 0 Å². The van der Waals surface area contributed by atoms with Crippen molar-refractivity contribution in [2.75, 3.05) is 5.75 Å². The summed E-state index contributed by atoms with van der Waals surface area (Å²) in [4.78, 5) is 0. The maximum absolute atomic E-state index is 8.49. The Morgan fingerprint density at radius 2 is 2.33 bits per heavy atom. The molecule has 0 saturated heterocycles. The summed E-state index contributed by atoms with van der Waals surface area (Å²) in [6.07, 6.45) is 1.04. The predicted octanol–water partition coefficient (Wildman–Crippen LogP) is 1.55. The van der Waals surface area contributed by atoms with E-state index in [0.29, 0.717) is 0 Å². The van der Waals surface area contributed by atoms with Crippen molar-refractivity contribution < 1.29 is 0 Å². The van der Waals surface area contributed by atoms with Crippen molar-refractivity contribution in [1.82, 2.24) is 0 Å². The first-order valence-corrected chi connectivity index (χ1v) is 4.46. The summed E-state index contributed by atoms with van der Waals surface area (Å²) in [6.45, 7) is 2.04. The lowest BCUT2D eigenvalue weighted by Gasteiger charge is -1.73. The normalized spacial score (nSPS) is 8.00. The third kappa shape index (κ3) is 4.23. The molecule has 0 aliphatic heterocycles. The van der Waals surface area contributed by atoms with Crippen LogP contribution in [0.3, 0.4) is 0 Å². The van der Waals surface area contributed by atoms with Crippen LogP contribution in [0, 0.1) is 4.61 Å². The maximum atomic E-state index is 8.49. The van der Waals surface area contributed by atoms with E-state index in [2.05, 4.69) is 8.02 Å². The fourth-order valence-corrected chi connectivity index (χ4v) is 1.19. The number of hydrogen-bond acceptors (Lipinski definition) is 1. The monoisotopic (exact) mass is 121 g/mol. The zero-order chi connectivity index (χ0) is 4.99. The van der Waals surface area contributed by atoms with Crippen molar-refractivity contribution in [3.05, 3.63) is 0 Å². The van der Waals surface area contributed by atoms with Gasteiger partial charge in [-0.15, -0.1) is 0 Å². The predicted molar refractivity (Wildman–Crippen MR) is 32.6 cm³/mol. The van der Waals surface area contributed by atoms with Crippen molar-refractivity contribution in [3.63, 3.8) is 0 Å². The first kappa shape index (κ1) is 6.23. The standard InChI is InChI=1S/C3H8NPS/c1-2-3-6(4)5/h5H,2-3H2,1H3. The van der Waals surface area contributed by atoms with Gasteiger partial charge in [0.25, 0.3) is 0 Å². The summed E-state index contributed by atoms with van der Waals surface area (Å²) in [6, 6.07) is 0. The van der Waals surface area contributed by atoms with Crippen molar-refractivity contribution in [2.24, 2.45) is 0 Å². The van der Waals surface area contributed by atoms with E-state index in [1.165, 1.54) is 0 Å². The largest absolute Gasteiger partial charge is 0.186 e. The molecule has 0 fully saturated rings. The average molecular weight is 121 g/mol. The van der Waals surface area contributed by atoms with Crippen molar-refractivity contribution in [2.45, 2.75) is 13.3 Å². The molecule has 0 rings (SSSR count). The van der Waals surface area contributed by atoms with Crippen molar-refractivity contribution >= 4 is 17.7 Å². The van der Waals surface area contributed by atoms with Crippen LogP contribution in [0.1, 0.15) is 13.3 Å². The highest BCUT2D eigenvalue weighted by Crippen LogP contribution is 1.77. The molecular weight excluding hydrogens is 113 g/mol. The van der Waals surface area contributed by atoms with Gasteiger partial charge in [0.15, 0.2) is 0 Å². The van der Waals surface area contributed by atoms with E-state index >= 15 is 0 Å². The van der Waals surface area contributed by atoms with Crippen LogP contribution in [-0.4, -0.2) is 5.75 Å². The minimum absolute atomic E-state index is 0.510. The number of rotatable bonds is 1. The minimum atomic E-state index is -0.510. The zero-order valence-corrected chi connectivity index (χ0v) is 5.59. The third-order valence-electron chi connectivity index (χ3n) is 0.397. The highest BCUT2D eigenvalue weighted by Gasteiger charge is 1.69. The van der Waals surface area contributed by atoms with Crippen LogP contribution in [0.5, 0.6) is 0 Å². The van der Waals surface area contributed by atoms with Gasteiger partial charge in [-0.3, -0.25) is 0 Å². The molecule has 0 N–H and O–H groups in total. The van der Waals surface area contributed by atoms with Crippen LogP contribution < -0.4 is 0 Å². The molecule has 0 heterocycles. The first-order chi connectivity index (χ1) is 2.77.